The van der Waals surface area contributed by atoms with E-state index in [1.807, 2.05) is 0 Å². The van der Waals surface area contributed by atoms with Gasteiger partial charge in [-0.1, -0.05) is 31.9 Å². The molecule has 4 heteroatoms. The van der Waals surface area contributed by atoms with Gasteiger partial charge in [0.25, 0.3) is 0 Å². The molecule has 0 aromatic carbocycles. The maximum Gasteiger partial charge on any atom is 0.0129 e. The van der Waals surface area contributed by atoms with Gasteiger partial charge in [-0.25, -0.2) is 0 Å². The lowest BCUT2D eigenvalue weighted by Gasteiger charge is -1.63. The Bertz CT molecular complexity index is 11.5. The van der Waals surface area contributed by atoms with E-state index in [9.17, 15) is 0 Å². The van der Waals surface area contributed by atoms with Crippen molar-refractivity contribution in [3.63, 3.8) is 0 Å². The van der Waals surface area contributed by atoms with Crippen LogP contribution in [0.4, 0.5) is 0 Å². The molecule has 0 atom stereocenters. The maximum absolute atomic E-state index is 3.20. The van der Waals surface area contributed by atoms with Gasteiger partial charge in [0.05, 0.1) is 0 Å². The summed E-state index contributed by atoms with van der Waals surface area (Å²) in [6.07, 6.45) is 0. The van der Waals surface area contributed by atoms with Crippen LogP contribution in [0.15, 0.2) is 0 Å². The van der Waals surface area contributed by atoms with Gasteiger partial charge in [0.15, 0.2) is 0 Å². The van der Waals surface area contributed by atoms with Crippen LogP contribution >= 0.6 is 56.7 Å². The molecular weight excluding hydrogens is 255 g/mol. The number of rotatable bonds is 1. The lowest BCUT2D eigenvalue weighted by atomic mass is 11.0. The molecular formula is C2H6Br2Cl2. The molecule has 42 valence electrons. The van der Waals surface area contributed by atoms with E-state index in [-0.39, 0.29) is 24.8 Å². The van der Waals surface area contributed by atoms with Crippen LogP contribution in [0.5, 0.6) is 0 Å². The minimum Gasteiger partial charge on any atom is -0.147 e. The fourth-order valence-corrected chi connectivity index (χ4v) is 0. The minimum absolute atomic E-state index is 0. The summed E-state index contributed by atoms with van der Waals surface area (Å²) in [5.74, 6) is 0. The van der Waals surface area contributed by atoms with E-state index in [4.69, 9.17) is 0 Å². The summed E-state index contributed by atoms with van der Waals surface area (Å²) in [6.45, 7) is 0. The molecule has 0 bridgehead atoms. The van der Waals surface area contributed by atoms with Gasteiger partial charge in [-0.3, -0.25) is 0 Å². The standard InChI is InChI=1S/C2H4Br2.2ClH/c3-1-2-4;;/h1-2H2;2*1H. The largest absolute Gasteiger partial charge is 0.147 e. The van der Waals surface area contributed by atoms with Gasteiger partial charge < -0.3 is 0 Å². The molecule has 0 N–H and O–H groups in total. The van der Waals surface area contributed by atoms with Crippen LogP contribution in [0.2, 0.25) is 0 Å². The van der Waals surface area contributed by atoms with Gasteiger partial charge in [0, 0.05) is 10.7 Å². The predicted octanol–water partition coefficient (Wildman–Crippen LogP) is 2.62. The highest BCUT2D eigenvalue weighted by atomic mass is 79.9. The second-order valence-electron chi connectivity index (χ2n) is 0.378. The summed E-state index contributed by atoms with van der Waals surface area (Å²) < 4.78 is 0. The first kappa shape index (κ1) is 15.6. The Morgan fingerprint density at radius 2 is 1.00 bits per heavy atom. The minimum atomic E-state index is 0. The Morgan fingerprint density at radius 1 is 0.833 bits per heavy atom. The zero-order chi connectivity index (χ0) is 3.41. The maximum atomic E-state index is 3.20. The number of hydrogen-bond acceptors (Lipinski definition) is 0. The molecule has 0 aromatic heterocycles. The van der Waals surface area contributed by atoms with Crippen LogP contribution < -0.4 is 0 Å². The zero-order valence-corrected chi connectivity index (χ0v) is 7.79. The van der Waals surface area contributed by atoms with E-state index in [0.29, 0.717) is 0 Å². The molecule has 0 aliphatic heterocycles. The molecule has 0 heterocycles. The van der Waals surface area contributed by atoms with Crippen LogP contribution in [0.25, 0.3) is 0 Å². The molecule has 0 amide bonds. The van der Waals surface area contributed by atoms with Crippen LogP contribution in [-0.4, -0.2) is 10.7 Å². The molecule has 0 saturated heterocycles. The summed E-state index contributed by atoms with van der Waals surface area (Å²) in [4.78, 5) is 0. The summed E-state index contributed by atoms with van der Waals surface area (Å²) >= 11 is 6.40. The SMILES string of the molecule is BrCCBr.Cl.Cl. The zero-order valence-electron chi connectivity index (χ0n) is 2.99. The number of hydrogen-bond donors (Lipinski definition) is 0. The third-order valence-electron chi connectivity index (χ3n) is 0.0714. The van der Waals surface area contributed by atoms with E-state index in [1.54, 1.807) is 0 Å². The Kier molecular flexibility index (Phi) is 41.8. The Balaban J connectivity index is -0.0000000450. The smallest absolute Gasteiger partial charge is 0.0129 e. The third kappa shape index (κ3) is 17.7. The Morgan fingerprint density at radius 3 is 1.00 bits per heavy atom. The average Bonchev–Trinajstić information content (AvgIpc) is 1.37. The van der Waals surface area contributed by atoms with E-state index in [1.165, 1.54) is 0 Å². The summed E-state index contributed by atoms with van der Waals surface area (Å²) in [7, 11) is 0. The fourth-order valence-electron chi connectivity index (χ4n) is 0. The van der Waals surface area contributed by atoms with Gasteiger partial charge in [0.1, 0.15) is 0 Å². The molecule has 0 aliphatic rings. The van der Waals surface area contributed by atoms with Crippen molar-refractivity contribution in [2.45, 2.75) is 0 Å². The van der Waals surface area contributed by atoms with Gasteiger partial charge in [-0.15, -0.1) is 24.8 Å². The molecule has 0 saturated carbocycles. The highest BCUT2D eigenvalue weighted by Crippen LogP contribution is 1.82. The molecule has 0 aliphatic carbocycles. The lowest BCUT2D eigenvalue weighted by molar-refractivity contribution is 1.62. The van der Waals surface area contributed by atoms with Crippen LogP contribution in [0.3, 0.4) is 0 Å². The second-order valence-corrected chi connectivity index (χ2v) is 1.96. The molecule has 0 fully saturated rings. The molecule has 0 nitrogen and oxygen atoms in total. The Labute approximate surface area is 67.1 Å². The van der Waals surface area contributed by atoms with Crippen LogP contribution in [0.1, 0.15) is 0 Å². The van der Waals surface area contributed by atoms with Gasteiger partial charge in [-0.05, 0) is 0 Å². The lowest BCUT2D eigenvalue weighted by Crippen LogP contribution is -1.61. The van der Waals surface area contributed by atoms with E-state index in [2.05, 4.69) is 31.9 Å². The average molecular weight is 261 g/mol. The fraction of sp³-hybridized carbons (Fsp3) is 1.00. The highest BCUT2D eigenvalue weighted by molar-refractivity contribution is 9.11. The molecule has 0 rings (SSSR count). The first-order chi connectivity index (χ1) is 1.91. The first-order valence-corrected chi connectivity index (χ1v) is 3.28. The number of halogens is 4. The molecule has 6 heavy (non-hydrogen) atoms. The van der Waals surface area contributed by atoms with Gasteiger partial charge in [0.2, 0.25) is 0 Å². The van der Waals surface area contributed by atoms with Crippen molar-refractivity contribution in [3.8, 4) is 0 Å². The van der Waals surface area contributed by atoms with Gasteiger partial charge in [-0.2, -0.15) is 0 Å². The monoisotopic (exact) mass is 258 g/mol. The van der Waals surface area contributed by atoms with E-state index < -0.39 is 0 Å². The normalized spacial score (nSPS) is 5.00. The highest BCUT2D eigenvalue weighted by Gasteiger charge is 1.60. The summed E-state index contributed by atoms with van der Waals surface area (Å²) in [5, 5.41) is 2.10. The molecule has 0 radical (unpaired) electrons. The topological polar surface area (TPSA) is 0 Å². The summed E-state index contributed by atoms with van der Waals surface area (Å²) in [6, 6.07) is 0. The predicted molar refractivity (Wildman–Crippen MR) is 42.1 cm³/mol. The molecule has 0 aromatic rings. The van der Waals surface area contributed by atoms with Crippen molar-refractivity contribution in [2.24, 2.45) is 0 Å². The van der Waals surface area contributed by atoms with E-state index in [0.717, 1.165) is 10.7 Å². The quantitative estimate of drug-likeness (QED) is 0.636. The van der Waals surface area contributed by atoms with Crippen LogP contribution in [-0.2, 0) is 0 Å². The number of alkyl halides is 2. The van der Waals surface area contributed by atoms with Crippen molar-refractivity contribution >= 4 is 56.7 Å². The van der Waals surface area contributed by atoms with Crippen molar-refractivity contribution in [1.82, 2.24) is 0 Å². The first-order valence-electron chi connectivity index (χ1n) is 1.03. The molecule has 0 spiro atoms. The van der Waals surface area contributed by atoms with Crippen LogP contribution in [0, 0.1) is 0 Å². The third-order valence-corrected chi connectivity index (χ3v) is 1.93. The van der Waals surface area contributed by atoms with Crippen molar-refractivity contribution in [3.05, 3.63) is 0 Å². The van der Waals surface area contributed by atoms with Crippen molar-refractivity contribution < 1.29 is 0 Å². The molecule has 0 unspecified atom stereocenters. The Hall–Kier alpha value is 1.54. The second kappa shape index (κ2) is 16.0. The summed E-state index contributed by atoms with van der Waals surface area (Å²) in [5.41, 5.74) is 0. The van der Waals surface area contributed by atoms with Crippen molar-refractivity contribution in [1.29, 1.82) is 0 Å². The van der Waals surface area contributed by atoms with E-state index >= 15 is 0 Å². The van der Waals surface area contributed by atoms with Crippen molar-refractivity contribution in [2.75, 3.05) is 10.7 Å². The van der Waals surface area contributed by atoms with Gasteiger partial charge >= 0.3 is 0 Å².